The average molecular weight is 230 g/mol. The van der Waals surface area contributed by atoms with Crippen LogP contribution in [-0.4, -0.2) is 80.3 Å². The summed E-state index contributed by atoms with van der Waals surface area (Å²) in [6, 6.07) is 0. The summed E-state index contributed by atoms with van der Waals surface area (Å²) in [5.41, 5.74) is 0. The molecule has 1 N–H and O–H groups in total. The molecule has 5 heteroatoms. The first-order valence-corrected chi connectivity index (χ1v) is 6.13. The number of nitrogens with zero attached hydrogens (tertiary/aromatic N) is 2. The minimum absolute atomic E-state index is 0.267. The molecule has 0 saturated carbocycles. The van der Waals surface area contributed by atoms with Gasteiger partial charge in [-0.1, -0.05) is 0 Å². The number of aliphatic hydroxyl groups is 1. The van der Waals surface area contributed by atoms with Crippen LogP contribution >= 0.6 is 0 Å². The lowest BCUT2D eigenvalue weighted by molar-refractivity contribution is -0.145. The highest BCUT2D eigenvalue weighted by molar-refractivity contribution is 4.75. The predicted octanol–water partition coefficient (Wildman–Crippen LogP) is -0.641. The van der Waals surface area contributed by atoms with Crippen molar-refractivity contribution in [1.82, 2.24) is 9.80 Å². The Labute approximate surface area is 96.9 Å². The first-order chi connectivity index (χ1) is 7.88. The van der Waals surface area contributed by atoms with Gasteiger partial charge >= 0.3 is 0 Å². The summed E-state index contributed by atoms with van der Waals surface area (Å²) in [6.07, 6.45) is 1.36. The van der Waals surface area contributed by atoms with Crippen LogP contribution in [0.4, 0.5) is 0 Å². The number of β-amino-alcohol motifs (C(OH)–C–C–N with tert-alkyl or cyclic N) is 1. The molecule has 5 nitrogen and oxygen atoms in total. The number of piperazine rings is 1. The Morgan fingerprint density at radius 1 is 1.12 bits per heavy atom. The van der Waals surface area contributed by atoms with Crippen molar-refractivity contribution >= 4 is 0 Å². The molecule has 0 aromatic rings. The van der Waals surface area contributed by atoms with Crippen molar-refractivity contribution in [2.75, 3.05) is 59.3 Å². The summed E-state index contributed by atoms with van der Waals surface area (Å²) in [5, 5.41) is 8.86. The Morgan fingerprint density at radius 3 is 2.50 bits per heavy atom. The average Bonchev–Trinajstić information content (AvgIpc) is 2.33. The molecule has 2 saturated heterocycles. The molecule has 16 heavy (non-hydrogen) atoms. The first-order valence-electron chi connectivity index (χ1n) is 6.13. The van der Waals surface area contributed by atoms with Crippen LogP contribution in [0.2, 0.25) is 0 Å². The van der Waals surface area contributed by atoms with Gasteiger partial charge in [0, 0.05) is 39.3 Å². The maximum atomic E-state index is 8.86. The van der Waals surface area contributed by atoms with Gasteiger partial charge in [-0.15, -0.1) is 0 Å². The standard InChI is InChI=1S/C11H22N2O3/c14-7-6-12-2-4-13(5-3-12)9-11-1-8-15-10-16-11/h11,14H,1-10H2. The van der Waals surface area contributed by atoms with Gasteiger partial charge < -0.3 is 14.6 Å². The van der Waals surface area contributed by atoms with E-state index in [1.165, 1.54) is 0 Å². The van der Waals surface area contributed by atoms with Gasteiger partial charge in [-0.25, -0.2) is 0 Å². The normalized spacial score (nSPS) is 29.4. The van der Waals surface area contributed by atoms with Gasteiger partial charge in [0.1, 0.15) is 6.79 Å². The summed E-state index contributed by atoms with van der Waals surface area (Å²) in [7, 11) is 0. The lowest BCUT2D eigenvalue weighted by Crippen LogP contribution is -2.49. The topological polar surface area (TPSA) is 45.2 Å². The van der Waals surface area contributed by atoms with E-state index >= 15 is 0 Å². The van der Waals surface area contributed by atoms with Crippen molar-refractivity contribution in [3.05, 3.63) is 0 Å². The van der Waals surface area contributed by atoms with Gasteiger partial charge in [-0.2, -0.15) is 0 Å². The SMILES string of the molecule is OCCN1CCN(CC2CCOCO2)CC1. The monoisotopic (exact) mass is 230 g/mol. The number of aliphatic hydroxyl groups excluding tert-OH is 1. The molecular formula is C11H22N2O3. The second-order valence-electron chi connectivity index (χ2n) is 4.47. The van der Waals surface area contributed by atoms with Crippen molar-refractivity contribution < 1.29 is 14.6 Å². The number of rotatable bonds is 4. The lowest BCUT2D eigenvalue weighted by atomic mass is 10.2. The molecule has 2 aliphatic heterocycles. The Kier molecular flexibility index (Phi) is 4.99. The van der Waals surface area contributed by atoms with Crippen molar-refractivity contribution in [3.63, 3.8) is 0 Å². The third kappa shape index (κ3) is 3.68. The molecule has 2 rings (SSSR count). The van der Waals surface area contributed by atoms with Crippen LogP contribution in [0.1, 0.15) is 6.42 Å². The van der Waals surface area contributed by atoms with Gasteiger partial charge in [-0.05, 0) is 6.42 Å². The van der Waals surface area contributed by atoms with E-state index in [-0.39, 0.29) is 6.61 Å². The smallest absolute Gasteiger partial charge is 0.147 e. The molecule has 0 bridgehead atoms. The Morgan fingerprint density at radius 2 is 1.88 bits per heavy atom. The summed E-state index contributed by atoms with van der Waals surface area (Å²) in [5.74, 6) is 0. The van der Waals surface area contributed by atoms with E-state index in [2.05, 4.69) is 9.80 Å². The molecule has 2 heterocycles. The molecule has 2 aliphatic rings. The zero-order valence-electron chi connectivity index (χ0n) is 9.81. The van der Waals surface area contributed by atoms with Crippen molar-refractivity contribution in [3.8, 4) is 0 Å². The highest BCUT2D eigenvalue weighted by atomic mass is 16.7. The molecule has 0 radical (unpaired) electrons. The van der Waals surface area contributed by atoms with E-state index in [4.69, 9.17) is 14.6 Å². The first kappa shape index (κ1) is 12.3. The molecule has 1 atom stereocenters. The highest BCUT2D eigenvalue weighted by Gasteiger charge is 2.21. The van der Waals surface area contributed by atoms with E-state index in [0.717, 1.165) is 52.3 Å². The second kappa shape index (κ2) is 6.51. The maximum absolute atomic E-state index is 8.86. The summed E-state index contributed by atoms with van der Waals surface area (Å²) in [6.45, 7) is 7.67. The molecule has 2 fully saturated rings. The van der Waals surface area contributed by atoms with Crippen molar-refractivity contribution in [1.29, 1.82) is 0 Å². The zero-order chi connectivity index (χ0) is 11.2. The second-order valence-corrected chi connectivity index (χ2v) is 4.47. The molecule has 0 aromatic carbocycles. The maximum Gasteiger partial charge on any atom is 0.147 e. The van der Waals surface area contributed by atoms with E-state index in [1.54, 1.807) is 0 Å². The molecule has 0 aliphatic carbocycles. The quantitative estimate of drug-likeness (QED) is 0.696. The van der Waals surface area contributed by atoms with Gasteiger partial charge in [-0.3, -0.25) is 9.80 Å². The van der Waals surface area contributed by atoms with E-state index in [1.807, 2.05) is 0 Å². The Bertz CT molecular complexity index is 190. The molecule has 0 aromatic heterocycles. The van der Waals surface area contributed by atoms with E-state index in [9.17, 15) is 0 Å². The minimum atomic E-state index is 0.267. The number of hydrogen-bond donors (Lipinski definition) is 1. The van der Waals surface area contributed by atoms with Crippen LogP contribution in [0.15, 0.2) is 0 Å². The zero-order valence-corrected chi connectivity index (χ0v) is 9.81. The van der Waals surface area contributed by atoms with Crippen LogP contribution in [0.25, 0.3) is 0 Å². The third-order valence-electron chi connectivity index (χ3n) is 3.31. The third-order valence-corrected chi connectivity index (χ3v) is 3.31. The fourth-order valence-corrected chi connectivity index (χ4v) is 2.27. The minimum Gasteiger partial charge on any atom is -0.395 e. The molecule has 0 amide bonds. The van der Waals surface area contributed by atoms with Crippen LogP contribution in [0, 0.1) is 0 Å². The lowest BCUT2D eigenvalue weighted by Gasteiger charge is -2.36. The number of ether oxygens (including phenoxy) is 2. The van der Waals surface area contributed by atoms with E-state index in [0.29, 0.717) is 12.9 Å². The predicted molar refractivity (Wildman–Crippen MR) is 60.3 cm³/mol. The van der Waals surface area contributed by atoms with Crippen molar-refractivity contribution in [2.45, 2.75) is 12.5 Å². The van der Waals surface area contributed by atoms with Gasteiger partial charge in [0.2, 0.25) is 0 Å². The molecule has 0 spiro atoms. The Balaban J connectivity index is 1.64. The Hall–Kier alpha value is -0.200. The fraction of sp³-hybridized carbons (Fsp3) is 1.00. The highest BCUT2D eigenvalue weighted by Crippen LogP contribution is 2.10. The van der Waals surface area contributed by atoms with Crippen LogP contribution < -0.4 is 0 Å². The molecule has 1 unspecified atom stereocenters. The van der Waals surface area contributed by atoms with Crippen molar-refractivity contribution in [2.24, 2.45) is 0 Å². The van der Waals surface area contributed by atoms with Gasteiger partial charge in [0.15, 0.2) is 0 Å². The van der Waals surface area contributed by atoms with Crippen LogP contribution in [-0.2, 0) is 9.47 Å². The molecular weight excluding hydrogens is 208 g/mol. The summed E-state index contributed by atoms with van der Waals surface area (Å²) < 4.78 is 10.7. The fourth-order valence-electron chi connectivity index (χ4n) is 2.27. The van der Waals surface area contributed by atoms with E-state index < -0.39 is 0 Å². The largest absolute Gasteiger partial charge is 0.395 e. The van der Waals surface area contributed by atoms with Crippen LogP contribution in [0.5, 0.6) is 0 Å². The molecule has 94 valence electrons. The van der Waals surface area contributed by atoms with Crippen LogP contribution in [0.3, 0.4) is 0 Å². The summed E-state index contributed by atoms with van der Waals surface area (Å²) >= 11 is 0. The number of hydrogen-bond acceptors (Lipinski definition) is 5. The van der Waals surface area contributed by atoms with Gasteiger partial charge in [0.25, 0.3) is 0 Å². The summed E-state index contributed by atoms with van der Waals surface area (Å²) in [4.78, 5) is 4.76. The van der Waals surface area contributed by atoms with Gasteiger partial charge in [0.05, 0.1) is 19.3 Å².